The van der Waals surface area contributed by atoms with Gasteiger partial charge in [-0.1, -0.05) is 34.3 Å². The van der Waals surface area contributed by atoms with E-state index in [9.17, 15) is 0 Å². The number of hydrogen-bond donors (Lipinski definition) is 0. The van der Waals surface area contributed by atoms with Gasteiger partial charge in [-0.2, -0.15) is 9.78 Å². The first-order valence-electron chi connectivity index (χ1n) is 8.81. The number of benzene rings is 1. The van der Waals surface area contributed by atoms with Crippen molar-refractivity contribution in [2.24, 2.45) is 0 Å². The molecule has 0 aromatic heterocycles. The molecule has 0 bridgehead atoms. The first kappa shape index (κ1) is 23.0. The summed E-state index contributed by atoms with van der Waals surface area (Å²) < 4.78 is 0. The molecule has 0 aliphatic carbocycles. The third-order valence-corrected chi connectivity index (χ3v) is 3.28. The van der Waals surface area contributed by atoms with Crippen LogP contribution in [0.5, 0.6) is 0 Å². The molecule has 0 fully saturated rings. The van der Waals surface area contributed by atoms with Crippen LogP contribution in [0.25, 0.3) is 0 Å². The molecule has 6 heteroatoms. The molecule has 0 amide bonds. The molecule has 0 heterocycles. The van der Waals surface area contributed by atoms with Crippen molar-refractivity contribution >= 4 is 0 Å². The van der Waals surface area contributed by atoms with E-state index >= 15 is 0 Å². The third kappa shape index (κ3) is 7.70. The van der Waals surface area contributed by atoms with Crippen LogP contribution in [0.15, 0.2) is 24.3 Å². The zero-order valence-corrected chi connectivity index (χ0v) is 17.8. The number of hydrogen-bond acceptors (Lipinski definition) is 6. The average Bonchev–Trinajstić information content (AvgIpc) is 2.44. The zero-order chi connectivity index (χ0) is 20.2. The van der Waals surface area contributed by atoms with Gasteiger partial charge in [-0.05, 0) is 80.4 Å². The van der Waals surface area contributed by atoms with Gasteiger partial charge < -0.3 is 0 Å². The first-order valence-corrected chi connectivity index (χ1v) is 8.81. The maximum atomic E-state index is 5.54. The second kappa shape index (κ2) is 8.33. The second-order valence-corrected chi connectivity index (χ2v) is 9.26. The van der Waals surface area contributed by atoms with Gasteiger partial charge in [0.05, 0.1) is 11.2 Å². The predicted molar refractivity (Wildman–Crippen MR) is 98.5 cm³/mol. The normalized spacial score (nSPS) is 13.9. The maximum absolute atomic E-state index is 5.54. The van der Waals surface area contributed by atoms with Crippen LogP contribution >= 0.6 is 0 Å². The lowest BCUT2D eigenvalue weighted by molar-refractivity contribution is -0.569. The summed E-state index contributed by atoms with van der Waals surface area (Å²) >= 11 is 0. The van der Waals surface area contributed by atoms with Gasteiger partial charge in [-0.3, -0.25) is 0 Å². The summed E-state index contributed by atoms with van der Waals surface area (Å²) in [7, 11) is 0. The van der Waals surface area contributed by atoms with Crippen molar-refractivity contribution in [2.75, 3.05) is 0 Å². The van der Waals surface area contributed by atoms with Gasteiger partial charge in [-0.25, -0.2) is 9.78 Å². The molecule has 0 radical (unpaired) electrons. The first-order chi connectivity index (χ1) is 11.6. The van der Waals surface area contributed by atoms with Crippen molar-refractivity contribution in [2.45, 2.75) is 91.6 Å². The fourth-order valence-electron chi connectivity index (χ4n) is 2.03. The van der Waals surface area contributed by atoms with Crippen LogP contribution in [0.1, 0.15) is 80.4 Å². The van der Waals surface area contributed by atoms with Gasteiger partial charge in [0.1, 0.15) is 11.2 Å². The molecule has 150 valence electrons. The Morgan fingerprint density at radius 2 is 0.808 bits per heavy atom. The van der Waals surface area contributed by atoms with Crippen molar-refractivity contribution in [3.05, 3.63) is 35.4 Å². The van der Waals surface area contributed by atoms with Gasteiger partial charge in [0.15, 0.2) is 0 Å². The van der Waals surface area contributed by atoms with Crippen LogP contribution in [0, 0.1) is 0 Å². The smallest absolute Gasteiger partial charge is 0.126 e. The molecular formula is C20H34O6. The van der Waals surface area contributed by atoms with Crippen molar-refractivity contribution in [1.29, 1.82) is 0 Å². The Balaban J connectivity index is 2.94. The van der Waals surface area contributed by atoms with Crippen LogP contribution in [0.3, 0.4) is 0 Å². The summed E-state index contributed by atoms with van der Waals surface area (Å²) in [6.45, 7) is 18.8. The number of rotatable bonds is 8. The van der Waals surface area contributed by atoms with E-state index < -0.39 is 22.4 Å². The molecule has 0 spiro atoms. The highest BCUT2D eigenvalue weighted by Crippen LogP contribution is 2.36. The molecular weight excluding hydrogens is 336 g/mol. The molecule has 0 saturated heterocycles. The van der Waals surface area contributed by atoms with Gasteiger partial charge in [0, 0.05) is 0 Å². The largest absolute Gasteiger partial charge is 0.200 e. The Labute approximate surface area is 157 Å². The fourth-order valence-corrected chi connectivity index (χ4v) is 2.03. The van der Waals surface area contributed by atoms with E-state index in [4.69, 9.17) is 29.6 Å². The van der Waals surface area contributed by atoms with Crippen LogP contribution in [-0.4, -0.2) is 11.2 Å². The SMILES string of the molecule is CC(C)(C)OOOC(C)(C)c1ccccc1C(C)(C)OOOC(C)(C)C. The van der Waals surface area contributed by atoms with E-state index in [0.717, 1.165) is 11.1 Å². The Morgan fingerprint density at radius 3 is 1.08 bits per heavy atom. The molecule has 0 saturated carbocycles. The van der Waals surface area contributed by atoms with E-state index in [2.05, 4.69) is 0 Å². The molecule has 6 nitrogen and oxygen atoms in total. The van der Waals surface area contributed by atoms with E-state index in [1.807, 2.05) is 93.5 Å². The fraction of sp³-hybridized carbons (Fsp3) is 0.700. The summed E-state index contributed by atoms with van der Waals surface area (Å²) in [5, 5.41) is 10.0. The Morgan fingerprint density at radius 1 is 0.500 bits per heavy atom. The Hall–Kier alpha value is -1.02. The van der Waals surface area contributed by atoms with Crippen molar-refractivity contribution in [3.63, 3.8) is 0 Å². The van der Waals surface area contributed by atoms with Crippen molar-refractivity contribution in [3.8, 4) is 0 Å². The Bertz CT molecular complexity index is 515. The highest BCUT2D eigenvalue weighted by molar-refractivity contribution is 5.35. The molecule has 0 aliphatic rings. The predicted octanol–water partition coefficient (Wildman–Crippen LogP) is 5.51. The van der Waals surface area contributed by atoms with Crippen LogP contribution in [0.4, 0.5) is 0 Å². The molecule has 0 atom stereocenters. The van der Waals surface area contributed by atoms with Gasteiger partial charge in [0.2, 0.25) is 0 Å². The molecule has 0 unspecified atom stereocenters. The Kier molecular flexibility index (Phi) is 7.38. The zero-order valence-electron chi connectivity index (χ0n) is 17.8. The van der Waals surface area contributed by atoms with Crippen LogP contribution < -0.4 is 0 Å². The van der Waals surface area contributed by atoms with Crippen LogP contribution in [0.2, 0.25) is 0 Å². The second-order valence-electron chi connectivity index (χ2n) is 9.26. The quantitative estimate of drug-likeness (QED) is 0.444. The topological polar surface area (TPSA) is 55.4 Å². The summed E-state index contributed by atoms with van der Waals surface area (Å²) in [5.41, 5.74) is -0.767. The minimum absolute atomic E-state index is 0.476. The van der Waals surface area contributed by atoms with Crippen molar-refractivity contribution in [1.82, 2.24) is 0 Å². The summed E-state index contributed by atoms with van der Waals surface area (Å²) in [6.07, 6.45) is 0. The molecule has 1 aromatic rings. The minimum atomic E-state index is -0.784. The maximum Gasteiger partial charge on any atom is 0.126 e. The summed E-state index contributed by atoms with van der Waals surface area (Å²) in [4.78, 5) is 21.5. The molecule has 26 heavy (non-hydrogen) atoms. The monoisotopic (exact) mass is 370 g/mol. The van der Waals surface area contributed by atoms with Crippen molar-refractivity contribution < 1.29 is 29.6 Å². The third-order valence-electron chi connectivity index (χ3n) is 3.28. The summed E-state index contributed by atoms with van der Waals surface area (Å²) in [5.74, 6) is 0. The lowest BCUT2D eigenvalue weighted by Gasteiger charge is -2.32. The van der Waals surface area contributed by atoms with Crippen LogP contribution in [-0.2, 0) is 40.8 Å². The minimum Gasteiger partial charge on any atom is -0.200 e. The standard InChI is InChI=1S/C20H34O6/c1-17(2,3)21-25-23-19(7,8)15-13-11-12-14-16(15)20(9,10)24-26-22-18(4,5)6/h11-14H,1-10H3. The van der Waals surface area contributed by atoms with Gasteiger partial charge in [0.25, 0.3) is 0 Å². The summed E-state index contributed by atoms with van der Waals surface area (Å²) in [6, 6.07) is 7.76. The van der Waals surface area contributed by atoms with Gasteiger partial charge in [-0.15, -0.1) is 0 Å². The molecule has 0 aliphatic heterocycles. The highest BCUT2D eigenvalue weighted by atomic mass is 17.5. The highest BCUT2D eigenvalue weighted by Gasteiger charge is 2.35. The van der Waals surface area contributed by atoms with E-state index in [1.165, 1.54) is 0 Å². The molecule has 0 N–H and O–H groups in total. The lowest BCUT2D eigenvalue weighted by atomic mass is 9.85. The molecule has 1 rings (SSSR count). The lowest BCUT2D eigenvalue weighted by Crippen LogP contribution is -2.32. The van der Waals surface area contributed by atoms with E-state index in [1.54, 1.807) is 0 Å². The van der Waals surface area contributed by atoms with Gasteiger partial charge >= 0.3 is 0 Å². The van der Waals surface area contributed by atoms with E-state index in [-0.39, 0.29) is 0 Å². The van der Waals surface area contributed by atoms with E-state index in [0.29, 0.717) is 0 Å². The molecule has 1 aromatic carbocycles. The average molecular weight is 370 g/mol.